The first-order chi connectivity index (χ1) is 22.4. The average molecular weight is 677 g/mol. The van der Waals surface area contributed by atoms with Gasteiger partial charge in [0, 0.05) is 13.0 Å². The van der Waals surface area contributed by atoms with Crippen LogP contribution in [0.1, 0.15) is 200 Å². The van der Waals surface area contributed by atoms with Gasteiger partial charge in [0.25, 0.3) is 0 Å². The molecule has 8 nitrogen and oxygen atoms in total. The zero-order valence-electron chi connectivity index (χ0n) is 30.3. The molecule has 0 fully saturated rings. The Morgan fingerprint density at radius 3 is 1.39 bits per heavy atom. The molecule has 0 bridgehead atoms. The van der Waals surface area contributed by atoms with Gasteiger partial charge in [-0.2, -0.15) is 0 Å². The Balaban J connectivity index is 4.09. The van der Waals surface area contributed by atoms with E-state index in [9.17, 15) is 19.4 Å². The molecule has 1 unspecified atom stereocenters. The van der Waals surface area contributed by atoms with Crippen LogP contribution in [0.15, 0.2) is 0 Å². The van der Waals surface area contributed by atoms with Crippen LogP contribution in [0.3, 0.4) is 0 Å². The number of hydrogen-bond donors (Lipinski definition) is 4. The van der Waals surface area contributed by atoms with Crippen LogP contribution in [0, 0.1) is 0 Å². The number of phosphoric ester groups is 1. The maximum atomic E-state index is 12.7. The monoisotopic (exact) mass is 677 g/mol. The third-order valence-corrected chi connectivity index (χ3v) is 9.95. The number of rotatable bonds is 37. The fraction of sp³-hybridized carbons (Fsp3) is 0.973. The number of nitrogens with one attached hydrogen (secondary N) is 1. The predicted molar refractivity (Wildman–Crippen MR) is 194 cm³/mol. The second kappa shape index (κ2) is 34.4. The Kier molecular flexibility index (Phi) is 34.0. The molecule has 0 aliphatic rings. The predicted octanol–water partition coefficient (Wildman–Crippen LogP) is 10.3. The quantitative estimate of drug-likeness (QED) is 0.0380. The molecule has 46 heavy (non-hydrogen) atoms. The van der Waals surface area contributed by atoms with E-state index in [1.807, 2.05) is 0 Å². The summed E-state index contributed by atoms with van der Waals surface area (Å²) >= 11 is 0. The lowest BCUT2D eigenvalue weighted by molar-refractivity contribution is -0.123. The lowest BCUT2D eigenvalue weighted by atomic mass is 10.0. The number of phosphoric acid groups is 1. The molecular weight excluding hydrogens is 599 g/mol. The minimum atomic E-state index is -4.30. The highest BCUT2D eigenvalue weighted by Crippen LogP contribution is 2.43. The second-order valence-electron chi connectivity index (χ2n) is 13.5. The van der Waals surface area contributed by atoms with Crippen molar-refractivity contribution in [2.45, 2.75) is 212 Å². The third-order valence-electron chi connectivity index (χ3n) is 8.96. The summed E-state index contributed by atoms with van der Waals surface area (Å²) in [5.74, 6) is -0.160. The number of aliphatic hydroxyl groups excluding tert-OH is 1. The SMILES string of the molecule is CCCCCCCCCCCCCCCCCCCCC(=O)N[C@@H](COP(=O)(O)OCCN)[C@H](O)CCCCCCCCCCC. The standard InChI is InChI=1S/C37H77N2O6P/c1-3-5-7-9-11-13-14-15-16-17-18-19-20-21-23-25-27-29-31-37(41)39-35(34-45-46(42,43)44-33-32-38)36(40)30-28-26-24-22-12-10-8-6-4-2/h35-36,40H,3-34,38H2,1-2H3,(H,39,41)(H,42,43)/t35-,36+/m0/s1. The molecular formula is C37H77N2O6P. The molecule has 0 spiro atoms. The van der Waals surface area contributed by atoms with Gasteiger partial charge in [-0.15, -0.1) is 0 Å². The average Bonchev–Trinajstić information content (AvgIpc) is 3.04. The first kappa shape index (κ1) is 45.5. The molecule has 0 aliphatic carbocycles. The Morgan fingerprint density at radius 1 is 0.630 bits per heavy atom. The number of hydrogen-bond acceptors (Lipinski definition) is 6. The molecule has 0 aromatic heterocycles. The van der Waals surface area contributed by atoms with Crippen LogP contribution < -0.4 is 11.1 Å². The zero-order chi connectivity index (χ0) is 34.0. The van der Waals surface area contributed by atoms with Crippen molar-refractivity contribution < 1.29 is 28.4 Å². The number of aliphatic hydroxyl groups is 1. The van der Waals surface area contributed by atoms with Gasteiger partial charge in [0.2, 0.25) is 5.91 Å². The number of unbranched alkanes of at least 4 members (excludes halogenated alkanes) is 25. The van der Waals surface area contributed by atoms with Gasteiger partial charge in [0.05, 0.1) is 25.4 Å². The van der Waals surface area contributed by atoms with Gasteiger partial charge < -0.3 is 21.1 Å². The van der Waals surface area contributed by atoms with Gasteiger partial charge in [0.1, 0.15) is 0 Å². The molecule has 5 N–H and O–H groups in total. The van der Waals surface area contributed by atoms with Crippen LogP contribution in [0.2, 0.25) is 0 Å². The van der Waals surface area contributed by atoms with E-state index in [1.165, 1.54) is 135 Å². The zero-order valence-corrected chi connectivity index (χ0v) is 31.2. The highest BCUT2D eigenvalue weighted by atomic mass is 31.2. The van der Waals surface area contributed by atoms with E-state index in [2.05, 4.69) is 19.2 Å². The van der Waals surface area contributed by atoms with E-state index in [-0.39, 0.29) is 25.7 Å². The minimum Gasteiger partial charge on any atom is -0.391 e. The molecule has 0 aromatic rings. The number of nitrogens with two attached hydrogens (primary N) is 1. The van der Waals surface area contributed by atoms with E-state index < -0.39 is 20.0 Å². The lowest BCUT2D eigenvalue weighted by Crippen LogP contribution is -2.46. The van der Waals surface area contributed by atoms with E-state index >= 15 is 0 Å². The number of carbonyl (C=O) groups is 1. The Labute approximate surface area is 284 Å². The lowest BCUT2D eigenvalue weighted by Gasteiger charge is -2.25. The van der Waals surface area contributed by atoms with E-state index in [1.54, 1.807) is 0 Å². The molecule has 1 amide bonds. The highest BCUT2D eigenvalue weighted by Gasteiger charge is 2.27. The van der Waals surface area contributed by atoms with Crippen LogP contribution in [0.5, 0.6) is 0 Å². The summed E-state index contributed by atoms with van der Waals surface area (Å²) in [6.07, 6.45) is 34.0. The van der Waals surface area contributed by atoms with Crippen LogP contribution in [0.4, 0.5) is 0 Å². The van der Waals surface area contributed by atoms with Crippen molar-refractivity contribution >= 4 is 13.7 Å². The van der Waals surface area contributed by atoms with E-state index in [0.29, 0.717) is 12.8 Å². The second-order valence-corrected chi connectivity index (χ2v) is 15.0. The summed E-state index contributed by atoms with van der Waals surface area (Å²) in [5, 5.41) is 13.7. The first-order valence-electron chi connectivity index (χ1n) is 19.7. The molecule has 0 rings (SSSR count). The summed E-state index contributed by atoms with van der Waals surface area (Å²) in [4.78, 5) is 22.6. The van der Waals surface area contributed by atoms with Crippen molar-refractivity contribution in [2.75, 3.05) is 19.8 Å². The van der Waals surface area contributed by atoms with Gasteiger partial charge >= 0.3 is 7.82 Å². The summed E-state index contributed by atoms with van der Waals surface area (Å²) < 4.78 is 22.0. The third kappa shape index (κ3) is 32.1. The maximum Gasteiger partial charge on any atom is 0.472 e. The molecule has 0 heterocycles. The molecule has 3 atom stereocenters. The van der Waals surface area contributed by atoms with Crippen molar-refractivity contribution in [1.29, 1.82) is 0 Å². The minimum absolute atomic E-state index is 0.0920. The van der Waals surface area contributed by atoms with E-state index in [0.717, 1.165) is 38.5 Å². The van der Waals surface area contributed by atoms with Gasteiger partial charge in [-0.05, 0) is 12.8 Å². The summed E-state index contributed by atoms with van der Waals surface area (Å²) in [5.41, 5.74) is 5.35. The van der Waals surface area contributed by atoms with Gasteiger partial charge in [-0.25, -0.2) is 4.57 Å². The molecule has 9 heteroatoms. The summed E-state index contributed by atoms with van der Waals surface area (Å²) in [7, 11) is -4.30. The molecule has 0 saturated carbocycles. The van der Waals surface area contributed by atoms with Crippen LogP contribution in [-0.2, 0) is 18.4 Å². The van der Waals surface area contributed by atoms with Crippen molar-refractivity contribution in [3.63, 3.8) is 0 Å². The normalized spacial score (nSPS) is 14.3. The van der Waals surface area contributed by atoms with Crippen LogP contribution in [-0.4, -0.2) is 47.8 Å². The summed E-state index contributed by atoms with van der Waals surface area (Å²) in [6.45, 7) is 4.19. The highest BCUT2D eigenvalue weighted by molar-refractivity contribution is 7.47. The topological polar surface area (TPSA) is 131 Å². The molecule has 276 valence electrons. The first-order valence-corrected chi connectivity index (χ1v) is 21.1. The van der Waals surface area contributed by atoms with Crippen LogP contribution in [0.25, 0.3) is 0 Å². The van der Waals surface area contributed by atoms with Crippen LogP contribution >= 0.6 is 7.82 Å². The smallest absolute Gasteiger partial charge is 0.391 e. The fourth-order valence-corrected chi connectivity index (χ4v) is 6.72. The molecule has 0 saturated heterocycles. The van der Waals surface area contributed by atoms with E-state index in [4.69, 9.17) is 14.8 Å². The number of amides is 1. The fourth-order valence-electron chi connectivity index (χ4n) is 5.96. The number of carbonyl (C=O) groups excluding carboxylic acids is 1. The summed E-state index contributed by atoms with van der Waals surface area (Å²) in [6, 6.07) is -0.765. The van der Waals surface area contributed by atoms with Crippen molar-refractivity contribution in [2.24, 2.45) is 5.73 Å². The molecule has 0 radical (unpaired) electrons. The molecule has 0 aliphatic heterocycles. The molecule has 0 aromatic carbocycles. The van der Waals surface area contributed by atoms with Crippen molar-refractivity contribution in [3.8, 4) is 0 Å². The van der Waals surface area contributed by atoms with Gasteiger partial charge in [-0.1, -0.05) is 181 Å². The van der Waals surface area contributed by atoms with Gasteiger partial charge in [-0.3, -0.25) is 13.8 Å². The Hall–Kier alpha value is -0.500. The Bertz CT molecular complexity index is 699. The van der Waals surface area contributed by atoms with Crippen molar-refractivity contribution in [1.82, 2.24) is 5.32 Å². The largest absolute Gasteiger partial charge is 0.472 e. The van der Waals surface area contributed by atoms with Crippen molar-refractivity contribution in [3.05, 3.63) is 0 Å². The Morgan fingerprint density at radius 2 is 1.00 bits per heavy atom. The maximum absolute atomic E-state index is 12.7. The van der Waals surface area contributed by atoms with Gasteiger partial charge in [0.15, 0.2) is 0 Å².